The van der Waals surface area contributed by atoms with E-state index in [0.717, 1.165) is 60.3 Å². The summed E-state index contributed by atoms with van der Waals surface area (Å²) in [6.45, 7) is 2.19. The summed E-state index contributed by atoms with van der Waals surface area (Å²) in [6, 6.07) is 19.7. The lowest BCUT2D eigenvalue weighted by Gasteiger charge is -2.38. The van der Waals surface area contributed by atoms with E-state index in [1.807, 2.05) is 42.5 Å². The molecule has 5 nitrogen and oxygen atoms in total. The number of nitrogens with one attached hydrogen (secondary N) is 2. The minimum absolute atomic E-state index is 0.158. The summed E-state index contributed by atoms with van der Waals surface area (Å²) in [5.74, 6) is 0.958. The van der Waals surface area contributed by atoms with Crippen molar-refractivity contribution in [1.82, 2.24) is 10.2 Å². The van der Waals surface area contributed by atoms with Crippen molar-refractivity contribution < 1.29 is 9.90 Å². The number of carbonyl (C=O) groups is 1. The Morgan fingerprint density at radius 2 is 1.79 bits per heavy atom. The van der Waals surface area contributed by atoms with E-state index in [9.17, 15) is 9.90 Å². The quantitative estimate of drug-likeness (QED) is 0.410. The van der Waals surface area contributed by atoms with Crippen LogP contribution < -0.4 is 10.6 Å². The molecular weight excluding hydrogens is 446 g/mol. The van der Waals surface area contributed by atoms with Gasteiger partial charge in [0.15, 0.2) is 0 Å². The Morgan fingerprint density at radius 3 is 2.59 bits per heavy atom. The van der Waals surface area contributed by atoms with Crippen LogP contribution in [-0.4, -0.2) is 41.2 Å². The van der Waals surface area contributed by atoms with Crippen LogP contribution in [0.15, 0.2) is 60.7 Å². The lowest BCUT2D eigenvalue weighted by Crippen LogP contribution is -2.52. The average molecular weight is 478 g/mol. The van der Waals surface area contributed by atoms with E-state index in [1.165, 1.54) is 18.4 Å². The molecule has 2 fully saturated rings. The van der Waals surface area contributed by atoms with Crippen molar-refractivity contribution >= 4 is 34.1 Å². The van der Waals surface area contributed by atoms with E-state index >= 15 is 0 Å². The average Bonchev–Trinajstić information content (AvgIpc) is 3.29. The number of aromatic hydroxyl groups is 1. The highest BCUT2D eigenvalue weighted by Crippen LogP contribution is 2.30. The number of amides is 2. The molecule has 1 saturated heterocycles. The van der Waals surface area contributed by atoms with Gasteiger partial charge in [-0.15, -0.1) is 0 Å². The second kappa shape index (κ2) is 10.2. The molecule has 6 heteroatoms. The van der Waals surface area contributed by atoms with Crippen LogP contribution in [0.3, 0.4) is 0 Å². The minimum atomic E-state index is -0.158. The number of hydrogen-bond acceptors (Lipinski definition) is 3. The molecule has 0 spiro atoms. The van der Waals surface area contributed by atoms with Gasteiger partial charge in [-0.2, -0.15) is 0 Å². The normalized spacial score (nSPS) is 21.6. The van der Waals surface area contributed by atoms with Gasteiger partial charge in [0.2, 0.25) is 0 Å². The Morgan fingerprint density at radius 1 is 1.00 bits per heavy atom. The highest BCUT2D eigenvalue weighted by molar-refractivity contribution is 6.30. The van der Waals surface area contributed by atoms with E-state index in [4.69, 9.17) is 11.6 Å². The molecule has 5 rings (SSSR count). The number of likely N-dealkylation sites (tertiary alicyclic amines) is 1. The maximum absolute atomic E-state index is 12.8. The van der Waals surface area contributed by atoms with Crippen LogP contribution in [0.1, 0.15) is 37.7 Å². The number of urea groups is 1. The van der Waals surface area contributed by atoms with E-state index in [-0.39, 0.29) is 17.8 Å². The zero-order valence-electron chi connectivity index (χ0n) is 19.3. The number of carbonyl (C=O) groups excluding carboxylic acids is 1. The number of hydrogen-bond donors (Lipinski definition) is 3. The Hall–Kier alpha value is -2.76. The Bertz CT molecular complexity index is 1140. The number of fused-ring (bicyclic) bond motifs is 1. The first kappa shape index (κ1) is 23.0. The van der Waals surface area contributed by atoms with Gasteiger partial charge in [0, 0.05) is 28.2 Å². The molecule has 1 saturated carbocycles. The van der Waals surface area contributed by atoms with Crippen LogP contribution in [0.4, 0.5) is 10.5 Å². The van der Waals surface area contributed by atoms with Gasteiger partial charge < -0.3 is 15.7 Å². The van der Waals surface area contributed by atoms with Crippen LogP contribution in [0.2, 0.25) is 5.02 Å². The molecule has 3 N–H and O–H groups in total. The van der Waals surface area contributed by atoms with Gasteiger partial charge in [0.05, 0.1) is 0 Å². The summed E-state index contributed by atoms with van der Waals surface area (Å²) in [6.07, 6.45) is 6.82. The van der Waals surface area contributed by atoms with Crippen LogP contribution in [0.5, 0.6) is 5.75 Å². The molecule has 1 heterocycles. The van der Waals surface area contributed by atoms with Crippen LogP contribution >= 0.6 is 11.6 Å². The second-order valence-electron chi connectivity index (χ2n) is 9.73. The zero-order chi connectivity index (χ0) is 23.5. The molecule has 3 aromatic rings. The SMILES string of the molecule is O=C(Nc1ccc2c(O)cccc2c1)NC1CCCC1N1CCC(Cc2ccc(Cl)cc2)CC1. The number of anilines is 1. The predicted octanol–water partition coefficient (Wildman–Crippen LogP) is 6.20. The van der Waals surface area contributed by atoms with Gasteiger partial charge in [0.1, 0.15) is 5.75 Å². The maximum atomic E-state index is 12.8. The van der Waals surface area contributed by atoms with E-state index < -0.39 is 0 Å². The second-order valence-corrected chi connectivity index (χ2v) is 10.2. The summed E-state index contributed by atoms with van der Waals surface area (Å²) in [5.41, 5.74) is 2.09. The molecule has 0 radical (unpaired) electrons. The standard InChI is InChI=1S/C28H32ClN3O2/c29-22-9-7-19(8-10-22)17-20-13-15-32(16-14-20)26-5-2-4-25(26)31-28(34)30-23-11-12-24-21(18-23)3-1-6-27(24)33/h1,3,6-12,18,20,25-26,33H,2,4-5,13-17H2,(H2,30,31,34). The highest BCUT2D eigenvalue weighted by atomic mass is 35.5. The van der Waals surface area contributed by atoms with Gasteiger partial charge in [-0.25, -0.2) is 4.79 Å². The predicted molar refractivity (Wildman–Crippen MR) is 139 cm³/mol. The van der Waals surface area contributed by atoms with Crippen molar-refractivity contribution in [3.63, 3.8) is 0 Å². The molecule has 3 aromatic carbocycles. The number of halogens is 1. The zero-order valence-corrected chi connectivity index (χ0v) is 20.1. The third-order valence-electron chi connectivity index (χ3n) is 7.47. The number of nitrogens with zero attached hydrogens (tertiary/aromatic N) is 1. The summed E-state index contributed by atoms with van der Waals surface area (Å²) < 4.78 is 0. The number of phenols is 1. The van der Waals surface area contributed by atoms with Crippen LogP contribution in [0, 0.1) is 5.92 Å². The van der Waals surface area contributed by atoms with Crippen molar-refractivity contribution in [1.29, 1.82) is 0 Å². The summed E-state index contributed by atoms with van der Waals surface area (Å²) in [7, 11) is 0. The largest absolute Gasteiger partial charge is 0.507 e. The molecule has 2 atom stereocenters. The van der Waals surface area contributed by atoms with Crippen molar-refractivity contribution in [3.05, 3.63) is 71.2 Å². The first-order valence-electron chi connectivity index (χ1n) is 12.3. The first-order valence-corrected chi connectivity index (χ1v) is 12.7. The van der Waals surface area contributed by atoms with Crippen molar-refractivity contribution in [2.45, 2.75) is 50.6 Å². The third kappa shape index (κ3) is 5.31. The molecule has 34 heavy (non-hydrogen) atoms. The topological polar surface area (TPSA) is 64.6 Å². The molecule has 2 unspecified atom stereocenters. The lowest BCUT2D eigenvalue weighted by atomic mass is 9.89. The van der Waals surface area contributed by atoms with Gasteiger partial charge in [0.25, 0.3) is 0 Å². The third-order valence-corrected chi connectivity index (χ3v) is 7.72. The highest BCUT2D eigenvalue weighted by Gasteiger charge is 2.35. The molecule has 178 valence electrons. The summed E-state index contributed by atoms with van der Waals surface area (Å²) in [4.78, 5) is 15.4. The fourth-order valence-electron chi connectivity index (χ4n) is 5.67. The Balaban J connectivity index is 1.14. The Labute approximate surface area is 206 Å². The molecule has 1 aliphatic carbocycles. The van der Waals surface area contributed by atoms with E-state index in [0.29, 0.717) is 12.0 Å². The van der Waals surface area contributed by atoms with Crippen molar-refractivity contribution in [2.75, 3.05) is 18.4 Å². The smallest absolute Gasteiger partial charge is 0.319 e. The number of benzene rings is 3. The Kier molecular flexibility index (Phi) is 6.93. The number of rotatable bonds is 5. The van der Waals surface area contributed by atoms with Gasteiger partial charge in [-0.3, -0.25) is 4.90 Å². The van der Waals surface area contributed by atoms with Crippen molar-refractivity contribution in [3.8, 4) is 5.75 Å². The molecule has 2 aliphatic rings. The molecule has 0 bridgehead atoms. The maximum Gasteiger partial charge on any atom is 0.319 e. The minimum Gasteiger partial charge on any atom is -0.507 e. The first-order chi connectivity index (χ1) is 16.5. The molecule has 2 amide bonds. The lowest BCUT2D eigenvalue weighted by molar-refractivity contribution is 0.119. The molecule has 1 aliphatic heterocycles. The van der Waals surface area contributed by atoms with E-state index in [1.54, 1.807) is 6.07 Å². The number of piperidine rings is 1. The van der Waals surface area contributed by atoms with Crippen LogP contribution in [-0.2, 0) is 6.42 Å². The van der Waals surface area contributed by atoms with Gasteiger partial charge in [-0.1, -0.05) is 35.9 Å². The monoisotopic (exact) mass is 477 g/mol. The fraction of sp³-hybridized carbons (Fsp3) is 0.393. The summed E-state index contributed by atoms with van der Waals surface area (Å²) >= 11 is 6.02. The van der Waals surface area contributed by atoms with Crippen molar-refractivity contribution in [2.24, 2.45) is 5.92 Å². The molecule has 0 aromatic heterocycles. The summed E-state index contributed by atoms with van der Waals surface area (Å²) in [5, 5.41) is 18.7. The van der Waals surface area contributed by atoms with E-state index in [2.05, 4.69) is 27.7 Å². The van der Waals surface area contributed by atoms with Crippen LogP contribution in [0.25, 0.3) is 10.8 Å². The fourth-order valence-corrected chi connectivity index (χ4v) is 5.79. The van der Waals surface area contributed by atoms with Gasteiger partial charge in [-0.05, 0) is 105 Å². The molecular formula is C28H32ClN3O2. The number of phenolic OH excluding ortho intramolecular Hbond substituents is 1. The van der Waals surface area contributed by atoms with Gasteiger partial charge >= 0.3 is 6.03 Å².